The third kappa shape index (κ3) is 2.78. The summed E-state index contributed by atoms with van der Waals surface area (Å²) in [7, 11) is 0. The Balaban J connectivity index is 0.00000144. The van der Waals surface area contributed by atoms with Crippen LogP contribution in [0.1, 0.15) is 23.6 Å². The standard InChI is InChI=1S/C14H17NO.ClH/c1-10-6-7-13(14(15)8-9-16)12-5-3-2-4-11(10)12;/h2-7,14,16H,8-9,15H2,1H3;1H/t14-;/m0./s1. The van der Waals surface area contributed by atoms with Gasteiger partial charge in [-0.25, -0.2) is 0 Å². The molecule has 3 heteroatoms. The van der Waals surface area contributed by atoms with Crippen LogP contribution in [-0.2, 0) is 0 Å². The van der Waals surface area contributed by atoms with E-state index < -0.39 is 0 Å². The molecule has 0 amide bonds. The molecule has 0 saturated heterocycles. The van der Waals surface area contributed by atoms with Gasteiger partial charge in [-0.15, -0.1) is 12.4 Å². The van der Waals surface area contributed by atoms with Crippen LogP contribution in [0.3, 0.4) is 0 Å². The number of rotatable bonds is 3. The Morgan fingerprint density at radius 2 is 1.76 bits per heavy atom. The summed E-state index contributed by atoms with van der Waals surface area (Å²) in [6.07, 6.45) is 0.604. The van der Waals surface area contributed by atoms with E-state index in [1.807, 2.05) is 12.1 Å². The number of halogens is 1. The van der Waals surface area contributed by atoms with Crippen molar-refractivity contribution in [1.29, 1.82) is 0 Å². The van der Waals surface area contributed by atoms with E-state index in [1.165, 1.54) is 16.3 Å². The maximum Gasteiger partial charge on any atom is 0.0449 e. The molecule has 0 heterocycles. The molecule has 2 rings (SSSR count). The maximum atomic E-state index is 8.94. The predicted octanol–water partition coefficient (Wildman–Crippen LogP) is 2.95. The van der Waals surface area contributed by atoms with Gasteiger partial charge in [-0.05, 0) is 35.2 Å². The largest absolute Gasteiger partial charge is 0.396 e. The molecule has 1 atom stereocenters. The molecule has 2 aromatic carbocycles. The van der Waals surface area contributed by atoms with Crippen LogP contribution in [0.5, 0.6) is 0 Å². The van der Waals surface area contributed by atoms with Crippen LogP contribution in [0.2, 0.25) is 0 Å². The van der Waals surface area contributed by atoms with E-state index in [-0.39, 0.29) is 25.1 Å². The Kier molecular flexibility index (Phi) is 4.94. The Bertz CT molecular complexity index is 499. The zero-order valence-corrected chi connectivity index (χ0v) is 10.7. The molecule has 0 aliphatic carbocycles. The van der Waals surface area contributed by atoms with E-state index in [9.17, 15) is 0 Å². The fourth-order valence-corrected chi connectivity index (χ4v) is 2.09. The van der Waals surface area contributed by atoms with Gasteiger partial charge in [0.2, 0.25) is 0 Å². The lowest BCUT2D eigenvalue weighted by Crippen LogP contribution is -2.12. The Morgan fingerprint density at radius 3 is 2.41 bits per heavy atom. The Hall–Kier alpha value is -1.09. The summed E-state index contributed by atoms with van der Waals surface area (Å²) >= 11 is 0. The second kappa shape index (κ2) is 6.01. The highest BCUT2D eigenvalue weighted by molar-refractivity contribution is 5.88. The first-order chi connectivity index (χ1) is 7.74. The third-order valence-electron chi connectivity index (χ3n) is 3.02. The molecule has 0 saturated carbocycles. The maximum absolute atomic E-state index is 8.94. The van der Waals surface area contributed by atoms with Crippen molar-refractivity contribution >= 4 is 23.2 Å². The average molecular weight is 252 g/mol. The Labute approximate surface area is 108 Å². The fraction of sp³-hybridized carbons (Fsp3) is 0.286. The summed E-state index contributed by atoms with van der Waals surface area (Å²) < 4.78 is 0. The highest BCUT2D eigenvalue weighted by atomic mass is 35.5. The van der Waals surface area contributed by atoms with E-state index in [2.05, 4.69) is 31.2 Å². The first-order valence-electron chi connectivity index (χ1n) is 5.58. The lowest BCUT2D eigenvalue weighted by Gasteiger charge is -2.14. The van der Waals surface area contributed by atoms with Crippen molar-refractivity contribution < 1.29 is 5.11 Å². The summed E-state index contributed by atoms with van der Waals surface area (Å²) in [5, 5.41) is 11.4. The number of fused-ring (bicyclic) bond motifs is 1. The zero-order valence-electron chi connectivity index (χ0n) is 9.89. The molecule has 0 fully saturated rings. The zero-order chi connectivity index (χ0) is 11.5. The van der Waals surface area contributed by atoms with Crippen molar-refractivity contribution in [3.05, 3.63) is 47.5 Å². The summed E-state index contributed by atoms with van der Waals surface area (Å²) in [6, 6.07) is 12.3. The first kappa shape index (κ1) is 14.0. The minimum Gasteiger partial charge on any atom is -0.396 e. The van der Waals surface area contributed by atoms with Crippen LogP contribution in [0.15, 0.2) is 36.4 Å². The van der Waals surface area contributed by atoms with Gasteiger partial charge in [0.1, 0.15) is 0 Å². The minimum atomic E-state index is -0.0875. The molecular weight excluding hydrogens is 234 g/mol. The molecule has 2 nitrogen and oxygen atoms in total. The quantitative estimate of drug-likeness (QED) is 0.881. The number of benzene rings is 2. The third-order valence-corrected chi connectivity index (χ3v) is 3.02. The second-order valence-electron chi connectivity index (χ2n) is 4.14. The molecule has 0 aliphatic rings. The van der Waals surface area contributed by atoms with Gasteiger partial charge in [-0.2, -0.15) is 0 Å². The summed E-state index contributed by atoms with van der Waals surface area (Å²) in [5.74, 6) is 0. The number of nitrogens with two attached hydrogens (primary N) is 1. The van der Waals surface area contributed by atoms with Gasteiger partial charge < -0.3 is 10.8 Å². The van der Waals surface area contributed by atoms with Crippen molar-refractivity contribution in [2.75, 3.05) is 6.61 Å². The molecule has 0 radical (unpaired) electrons. The van der Waals surface area contributed by atoms with Crippen LogP contribution in [0.4, 0.5) is 0 Å². The van der Waals surface area contributed by atoms with Gasteiger partial charge in [0, 0.05) is 12.6 Å². The number of aliphatic hydroxyl groups is 1. The van der Waals surface area contributed by atoms with Crippen LogP contribution < -0.4 is 5.73 Å². The van der Waals surface area contributed by atoms with Crippen molar-refractivity contribution in [3.63, 3.8) is 0 Å². The van der Waals surface area contributed by atoms with Crippen molar-refractivity contribution in [1.82, 2.24) is 0 Å². The molecule has 17 heavy (non-hydrogen) atoms. The van der Waals surface area contributed by atoms with Gasteiger partial charge in [0.25, 0.3) is 0 Å². The molecule has 0 aromatic heterocycles. The van der Waals surface area contributed by atoms with E-state index in [0.29, 0.717) is 6.42 Å². The number of hydrogen-bond donors (Lipinski definition) is 2. The lowest BCUT2D eigenvalue weighted by molar-refractivity contribution is 0.277. The Morgan fingerprint density at radius 1 is 1.12 bits per heavy atom. The molecule has 0 unspecified atom stereocenters. The average Bonchev–Trinajstić information content (AvgIpc) is 2.30. The van der Waals surface area contributed by atoms with E-state index in [0.717, 1.165) is 5.56 Å². The van der Waals surface area contributed by atoms with E-state index in [4.69, 9.17) is 10.8 Å². The van der Waals surface area contributed by atoms with Crippen LogP contribution in [-0.4, -0.2) is 11.7 Å². The second-order valence-corrected chi connectivity index (χ2v) is 4.14. The molecule has 0 spiro atoms. The fourth-order valence-electron chi connectivity index (χ4n) is 2.09. The molecule has 92 valence electrons. The first-order valence-corrected chi connectivity index (χ1v) is 5.58. The van der Waals surface area contributed by atoms with Crippen LogP contribution >= 0.6 is 12.4 Å². The van der Waals surface area contributed by atoms with E-state index >= 15 is 0 Å². The number of aryl methyl sites for hydroxylation is 1. The van der Waals surface area contributed by atoms with E-state index in [1.54, 1.807) is 0 Å². The highest BCUT2D eigenvalue weighted by Gasteiger charge is 2.09. The van der Waals surface area contributed by atoms with Gasteiger partial charge in [-0.1, -0.05) is 36.4 Å². The highest BCUT2D eigenvalue weighted by Crippen LogP contribution is 2.27. The summed E-state index contributed by atoms with van der Waals surface area (Å²) in [4.78, 5) is 0. The van der Waals surface area contributed by atoms with Crippen LogP contribution in [0.25, 0.3) is 10.8 Å². The molecule has 3 N–H and O–H groups in total. The predicted molar refractivity (Wildman–Crippen MR) is 74.6 cm³/mol. The van der Waals surface area contributed by atoms with Crippen molar-refractivity contribution in [2.24, 2.45) is 5.73 Å². The summed E-state index contributed by atoms with van der Waals surface area (Å²) in [5.41, 5.74) is 8.44. The monoisotopic (exact) mass is 251 g/mol. The number of hydrogen-bond acceptors (Lipinski definition) is 2. The van der Waals surface area contributed by atoms with Crippen molar-refractivity contribution in [2.45, 2.75) is 19.4 Å². The van der Waals surface area contributed by atoms with Gasteiger partial charge in [0.15, 0.2) is 0 Å². The van der Waals surface area contributed by atoms with Crippen molar-refractivity contribution in [3.8, 4) is 0 Å². The minimum absolute atomic E-state index is 0. The van der Waals surface area contributed by atoms with Gasteiger partial charge in [-0.3, -0.25) is 0 Å². The molecular formula is C14H18ClNO. The topological polar surface area (TPSA) is 46.2 Å². The molecule has 2 aromatic rings. The smallest absolute Gasteiger partial charge is 0.0449 e. The summed E-state index contributed by atoms with van der Waals surface area (Å²) in [6.45, 7) is 2.23. The van der Waals surface area contributed by atoms with Gasteiger partial charge in [0.05, 0.1) is 0 Å². The molecule has 0 aliphatic heterocycles. The van der Waals surface area contributed by atoms with Gasteiger partial charge >= 0.3 is 0 Å². The molecule has 0 bridgehead atoms. The van der Waals surface area contributed by atoms with Crippen LogP contribution in [0, 0.1) is 6.92 Å². The number of aliphatic hydroxyl groups excluding tert-OH is 1. The SMILES string of the molecule is Cc1ccc([C@@H](N)CCO)c2ccccc12.Cl. The normalized spacial score (nSPS) is 12.2. The lowest BCUT2D eigenvalue weighted by atomic mass is 9.95.